The monoisotopic (exact) mass is 361 g/mol. The number of carbonyl (C=O) groups excluding carboxylic acids is 1. The Morgan fingerprint density at radius 3 is 2.72 bits per heavy atom. The van der Waals surface area contributed by atoms with Crippen LogP contribution < -0.4 is 16.6 Å². The van der Waals surface area contributed by atoms with Crippen LogP contribution in [0.3, 0.4) is 0 Å². The summed E-state index contributed by atoms with van der Waals surface area (Å²) in [5.74, 6) is -1.02. The quantitative estimate of drug-likeness (QED) is 0.743. The molecule has 1 aromatic heterocycles. The van der Waals surface area contributed by atoms with E-state index in [2.05, 4.69) is 10.3 Å². The molecular formula is C17H13ClFN3O3. The maximum Gasteiger partial charge on any atom is 0.329 e. The number of aromatic nitrogens is 2. The summed E-state index contributed by atoms with van der Waals surface area (Å²) in [4.78, 5) is 38.1. The molecule has 0 aliphatic rings. The van der Waals surface area contributed by atoms with Crippen molar-refractivity contribution < 1.29 is 9.18 Å². The zero-order valence-corrected chi connectivity index (χ0v) is 13.6. The van der Waals surface area contributed by atoms with Crippen molar-refractivity contribution in [2.24, 2.45) is 0 Å². The second-order valence-electron chi connectivity index (χ2n) is 5.38. The Balaban J connectivity index is 1.81. The molecule has 2 aromatic carbocycles. The van der Waals surface area contributed by atoms with Crippen molar-refractivity contribution in [2.45, 2.75) is 13.1 Å². The molecule has 8 heteroatoms. The predicted octanol–water partition coefficient (Wildman–Crippen LogP) is 1.80. The number of amides is 1. The van der Waals surface area contributed by atoms with Gasteiger partial charge in [0, 0.05) is 17.1 Å². The van der Waals surface area contributed by atoms with Crippen LogP contribution in [-0.2, 0) is 17.9 Å². The maximum absolute atomic E-state index is 13.7. The lowest BCUT2D eigenvalue weighted by Crippen LogP contribution is -2.36. The molecule has 0 bridgehead atoms. The van der Waals surface area contributed by atoms with Gasteiger partial charge in [-0.2, -0.15) is 0 Å². The maximum atomic E-state index is 13.7. The van der Waals surface area contributed by atoms with Crippen LogP contribution in [-0.4, -0.2) is 15.5 Å². The number of rotatable bonds is 4. The molecule has 0 aliphatic carbocycles. The number of aromatic amines is 1. The molecule has 1 heterocycles. The molecule has 2 N–H and O–H groups in total. The summed E-state index contributed by atoms with van der Waals surface area (Å²) in [6.07, 6.45) is 0. The molecule has 0 fully saturated rings. The third kappa shape index (κ3) is 3.61. The summed E-state index contributed by atoms with van der Waals surface area (Å²) >= 11 is 5.68. The first-order valence-corrected chi connectivity index (χ1v) is 7.76. The van der Waals surface area contributed by atoms with E-state index in [1.807, 2.05) is 0 Å². The second-order valence-corrected chi connectivity index (χ2v) is 5.81. The molecular weight excluding hydrogens is 349 g/mol. The van der Waals surface area contributed by atoms with Crippen LogP contribution in [0.15, 0.2) is 52.1 Å². The minimum Gasteiger partial charge on any atom is -0.350 e. The van der Waals surface area contributed by atoms with E-state index in [1.165, 1.54) is 12.1 Å². The summed E-state index contributed by atoms with van der Waals surface area (Å²) in [6, 6.07) is 10.6. The Bertz CT molecular complexity index is 1070. The topological polar surface area (TPSA) is 84.0 Å². The highest BCUT2D eigenvalue weighted by atomic mass is 35.5. The van der Waals surface area contributed by atoms with Gasteiger partial charge >= 0.3 is 5.69 Å². The Hall–Kier alpha value is -2.93. The lowest BCUT2D eigenvalue weighted by atomic mass is 10.2. The summed E-state index contributed by atoms with van der Waals surface area (Å²) < 4.78 is 14.9. The fourth-order valence-electron chi connectivity index (χ4n) is 2.46. The molecule has 0 aliphatic heterocycles. The number of nitrogens with one attached hydrogen (secondary N) is 2. The van der Waals surface area contributed by atoms with Crippen molar-refractivity contribution in [3.05, 3.63) is 79.7 Å². The van der Waals surface area contributed by atoms with Crippen molar-refractivity contribution in [3.8, 4) is 0 Å². The van der Waals surface area contributed by atoms with Gasteiger partial charge in [-0.3, -0.25) is 19.1 Å². The molecule has 0 saturated carbocycles. The molecule has 6 nitrogen and oxygen atoms in total. The van der Waals surface area contributed by atoms with E-state index >= 15 is 0 Å². The first-order valence-electron chi connectivity index (χ1n) is 7.38. The van der Waals surface area contributed by atoms with Crippen LogP contribution in [0.4, 0.5) is 4.39 Å². The van der Waals surface area contributed by atoms with Crippen LogP contribution in [0, 0.1) is 5.82 Å². The third-order valence-corrected chi connectivity index (χ3v) is 3.93. The molecule has 0 radical (unpaired) electrons. The molecule has 0 saturated heterocycles. The number of halogens is 2. The highest BCUT2D eigenvalue weighted by molar-refractivity contribution is 6.30. The van der Waals surface area contributed by atoms with Gasteiger partial charge < -0.3 is 5.32 Å². The number of para-hydroxylation sites is 1. The molecule has 0 atom stereocenters. The van der Waals surface area contributed by atoms with Crippen LogP contribution in [0.25, 0.3) is 10.9 Å². The molecule has 1 amide bonds. The normalized spacial score (nSPS) is 10.8. The zero-order chi connectivity index (χ0) is 18.0. The molecule has 0 spiro atoms. The van der Waals surface area contributed by atoms with Gasteiger partial charge in [0.05, 0.1) is 10.9 Å². The number of hydrogen-bond donors (Lipinski definition) is 2. The van der Waals surface area contributed by atoms with Crippen molar-refractivity contribution >= 4 is 28.4 Å². The van der Waals surface area contributed by atoms with E-state index in [0.717, 1.165) is 10.6 Å². The molecule has 25 heavy (non-hydrogen) atoms. The smallest absolute Gasteiger partial charge is 0.329 e. The van der Waals surface area contributed by atoms with Gasteiger partial charge in [0.1, 0.15) is 12.4 Å². The van der Waals surface area contributed by atoms with Crippen LogP contribution in [0.1, 0.15) is 5.56 Å². The van der Waals surface area contributed by atoms with Crippen molar-refractivity contribution in [2.75, 3.05) is 0 Å². The summed E-state index contributed by atoms with van der Waals surface area (Å²) in [7, 11) is 0. The minimum absolute atomic E-state index is 0.0438. The summed E-state index contributed by atoms with van der Waals surface area (Å²) in [6.45, 7) is -0.344. The molecule has 128 valence electrons. The Labute approximate surface area is 145 Å². The first-order chi connectivity index (χ1) is 12.0. The summed E-state index contributed by atoms with van der Waals surface area (Å²) in [5.41, 5.74) is -0.572. The average molecular weight is 362 g/mol. The molecule has 0 unspecified atom stereocenters. The van der Waals surface area contributed by atoms with E-state index in [1.54, 1.807) is 24.3 Å². The Morgan fingerprint density at radius 2 is 1.96 bits per heavy atom. The van der Waals surface area contributed by atoms with Crippen molar-refractivity contribution in [3.63, 3.8) is 0 Å². The largest absolute Gasteiger partial charge is 0.350 e. The fraction of sp³-hybridized carbons (Fsp3) is 0.118. The number of H-pyrrole nitrogens is 1. The fourth-order valence-corrected chi connectivity index (χ4v) is 2.62. The van der Waals surface area contributed by atoms with Gasteiger partial charge in [0.25, 0.3) is 5.56 Å². The number of benzene rings is 2. The minimum atomic E-state index is -0.684. The SMILES string of the molecule is O=C(Cn1c(=O)[nH]c(=O)c2ccccc21)NCc1ccc(Cl)cc1F. The van der Waals surface area contributed by atoms with Gasteiger partial charge in [0.15, 0.2) is 0 Å². The van der Waals surface area contributed by atoms with Gasteiger partial charge in [-0.25, -0.2) is 9.18 Å². The number of carbonyl (C=O) groups is 1. The highest BCUT2D eigenvalue weighted by Gasteiger charge is 2.11. The van der Waals surface area contributed by atoms with Crippen molar-refractivity contribution in [1.29, 1.82) is 0 Å². The average Bonchev–Trinajstić information content (AvgIpc) is 2.58. The standard InChI is InChI=1S/C17H13ClFN3O3/c18-11-6-5-10(13(19)7-11)8-20-15(23)9-22-14-4-2-1-3-12(14)16(24)21-17(22)25/h1-7H,8-9H2,(H,20,23)(H,21,24,25). The highest BCUT2D eigenvalue weighted by Crippen LogP contribution is 2.14. The van der Waals surface area contributed by atoms with Crippen LogP contribution in [0.5, 0.6) is 0 Å². The van der Waals surface area contributed by atoms with E-state index in [-0.39, 0.29) is 23.7 Å². The van der Waals surface area contributed by atoms with Crippen molar-refractivity contribution in [1.82, 2.24) is 14.9 Å². The van der Waals surface area contributed by atoms with Gasteiger partial charge in [0.2, 0.25) is 5.91 Å². The predicted molar refractivity (Wildman–Crippen MR) is 92.1 cm³/mol. The zero-order valence-electron chi connectivity index (χ0n) is 12.9. The first kappa shape index (κ1) is 16.9. The lowest BCUT2D eigenvalue weighted by Gasteiger charge is -2.10. The Morgan fingerprint density at radius 1 is 1.20 bits per heavy atom. The number of fused-ring (bicyclic) bond motifs is 1. The molecule has 3 aromatic rings. The number of hydrogen-bond acceptors (Lipinski definition) is 3. The van der Waals surface area contributed by atoms with Crippen LogP contribution in [0.2, 0.25) is 5.02 Å². The van der Waals surface area contributed by atoms with E-state index in [9.17, 15) is 18.8 Å². The van der Waals surface area contributed by atoms with Crippen LogP contribution >= 0.6 is 11.6 Å². The van der Waals surface area contributed by atoms with Gasteiger partial charge in [-0.1, -0.05) is 29.8 Å². The van der Waals surface area contributed by atoms with Gasteiger partial charge in [-0.15, -0.1) is 0 Å². The summed E-state index contributed by atoms with van der Waals surface area (Å²) in [5, 5.41) is 3.11. The third-order valence-electron chi connectivity index (χ3n) is 3.70. The second kappa shape index (κ2) is 6.90. The Kier molecular flexibility index (Phi) is 4.67. The van der Waals surface area contributed by atoms with E-state index in [4.69, 9.17) is 11.6 Å². The van der Waals surface area contributed by atoms with E-state index < -0.39 is 23.0 Å². The van der Waals surface area contributed by atoms with Gasteiger partial charge in [-0.05, 0) is 24.3 Å². The lowest BCUT2D eigenvalue weighted by molar-refractivity contribution is -0.121. The van der Waals surface area contributed by atoms with E-state index in [0.29, 0.717) is 10.9 Å². The molecule has 3 rings (SSSR count). The number of nitrogens with zero attached hydrogens (tertiary/aromatic N) is 1.